The summed E-state index contributed by atoms with van der Waals surface area (Å²) in [5, 5.41) is 3.15. The van der Waals surface area contributed by atoms with Gasteiger partial charge in [-0.15, -0.1) is 0 Å². The second-order valence-corrected chi connectivity index (χ2v) is 5.82. The minimum Gasteiger partial charge on any atom is -0.481 e. The van der Waals surface area contributed by atoms with Crippen molar-refractivity contribution < 1.29 is 22.7 Å². The van der Waals surface area contributed by atoms with Crippen LogP contribution in [-0.2, 0) is 17.5 Å². The molecule has 2 aromatic carbocycles. The Morgan fingerprint density at radius 3 is 2.48 bits per heavy atom. The molecule has 0 fully saturated rings. The fourth-order valence-corrected chi connectivity index (χ4v) is 2.29. The number of ether oxygens (including phenoxy) is 1. The largest absolute Gasteiger partial charge is 0.481 e. The van der Waals surface area contributed by atoms with Crippen LogP contribution in [0.4, 0.5) is 13.2 Å². The van der Waals surface area contributed by atoms with Gasteiger partial charge in [-0.25, -0.2) is 0 Å². The maximum atomic E-state index is 12.7. The van der Waals surface area contributed by atoms with Crippen molar-refractivity contribution in [3.8, 4) is 5.75 Å². The van der Waals surface area contributed by atoms with E-state index in [0.29, 0.717) is 22.8 Å². The quantitative estimate of drug-likeness (QED) is 0.789. The Labute approximate surface area is 148 Å². The van der Waals surface area contributed by atoms with Crippen LogP contribution in [-0.4, -0.2) is 12.0 Å². The second kappa shape index (κ2) is 8.25. The number of carbonyl (C=O) groups is 1. The van der Waals surface area contributed by atoms with Gasteiger partial charge in [0.25, 0.3) is 5.91 Å². The van der Waals surface area contributed by atoms with E-state index in [1.807, 2.05) is 0 Å². The zero-order valence-corrected chi connectivity index (χ0v) is 14.2. The molecule has 0 heterocycles. The molecule has 0 aliphatic carbocycles. The van der Waals surface area contributed by atoms with Crippen molar-refractivity contribution >= 4 is 17.5 Å². The van der Waals surface area contributed by atoms with Crippen LogP contribution in [0.15, 0.2) is 48.5 Å². The van der Waals surface area contributed by atoms with Crippen molar-refractivity contribution in [2.45, 2.75) is 32.2 Å². The van der Waals surface area contributed by atoms with Gasteiger partial charge in [0.15, 0.2) is 6.10 Å². The fraction of sp³-hybridized carbons (Fsp3) is 0.278. The molecule has 0 saturated carbocycles. The Morgan fingerprint density at radius 1 is 1.20 bits per heavy atom. The number of amides is 1. The average molecular weight is 372 g/mol. The van der Waals surface area contributed by atoms with Gasteiger partial charge < -0.3 is 10.1 Å². The first kappa shape index (κ1) is 19.1. The van der Waals surface area contributed by atoms with Gasteiger partial charge in [-0.3, -0.25) is 4.79 Å². The first-order chi connectivity index (χ1) is 11.8. The van der Waals surface area contributed by atoms with Crippen LogP contribution in [0.3, 0.4) is 0 Å². The minimum absolute atomic E-state index is 0.0107. The first-order valence-corrected chi connectivity index (χ1v) is 8.03. The molecule has 0 aliphatic heterocycles. The second-order valence-electron chi connectivity index (χ2n) is 5.38. The van der Waals surface area contributed by atoms with Crippen LogP contribution in [0.1, 0.15) is 24.5 Å². The molecule has 1 N–H and O–H groups in total. The molecule has 2 rings (SSSR count). The molecule has 1 amide bonds. The number of alkyl halides is 3. The van der Waals surface area contributed by atoms with E-state index in [0.717, 1.165) is 12.1 Å². The molecule has 0 saturated heterocycles. The highest BCUT2D eigenvalue weighted by molar-refractivity contribution is 6.30. The van der Waals surface area contributed by atoms with Crippen LogP contribution < -0.4 is 10.1 Å². The number of carbonyl (C=O) groups excluding carboxylic acids is 1. The maximum Gasteiger partial charge on any atom is 0.416 e. The molecule has 1 atom stereocenters. The first-order valence-electron chi connectivity index (χ1n) is 7.65. The predicted molar refractivity (Wildman–Crippen MR) is 89.4 cm³/mol. The van der Waals surface area contributed by atoms with E-state index in [2.05, 4.69) is 5.32 Å². The highest BCUT2D eigenvalue weighted by Crippen LogP contribution is 2.29. The maximum absolute atomic E-state index is 12.7. The van der Waals surface area contributed by atoms with E-state index in [4.69, 9.17) is 16.3 Å². The van der Waals surface area contributed by atoms with E-state index in [-0.39, 0.29) is 6.54 Å². The van der Waals surface area contributed by atoms with Crippen molar-refractivity contribution in [1.82, 2.24) is 5.32 Å². The van der Waals surface area contributed by atoms with Crippen LogP contribution >= 0.6 is 11.6 Å². The monoisotopic (exact) mass is 371 g/mol. The fourth-order valence-electron chi connectivity index (χ4n) is 2.16. The van der Waals surface area contributed by atoms with Gasteiger partial charge in [-0.2, -0.15) is 13.2 Å². The molecule has 0 aromatic heterocycles. The van der Waals surface area contributed by atoms with E-state index in [9.17, 15) is 18.0 Å². The van der Waals surface area contributed by atoms with E-state index < -0.39 is 23.8 Å². The lowest BCUT2D eigenvalue weighted by Gasteiger charge is -2.17. The normalized spacial score (nSPS) is 12.5. The highest BCUT2D eigenvalue weighted by atomic mass is 35.5. The third-order valence-electron chi connectivity index (χ3n) is 3.48. The minimum atomic E-state index is -4.41. The van der Waals surface area contributed by atoms with Gasteiger partial charge in [0.1, 0.15) is 5.75 Å². The van der Waals surface area contributed by atoms with Gasteiger partial charge in [0, 0.05) is 11.6 Å². The zero-order valence-electron chi connectivity index (χ0n) is 13.4. The smallest absolute Gasteiger partial charge is 0.416 e. The summed E-state index contributed by atoms with van der Waals surface area (Å²) >= 11 is 5.79. The Kier molecular flexibility index (Phi) is 6.31. The van der Waals surface area contributed by atoms with Crippen molar-refractivity contribution in [2.75, 3.05) is 0 Å². The Hall–Kier alpha value is -2.21. The van der Waals surface area contributed by atoms with Crippen LogP contribution in [0.5, 0.6) is 5.75 Å². The average Bonchev–Trinajstić information content (AvgIpc) is 2.58. The Bertz CT molecular complexity index is 717. The molecule has 134 valence electrons. The van der Waals surface area contributed by atoms with Gasteiger partial charge in [-0.1, -0.05) is 30.7 Å². The molecule has 0 radical (unpaired) electrons. The highest BCUT2D eigenvalue weighted by Gasteiger charge is 2.30. The number of nitrogens with one attached hydrogen (secondary N) is 1. The van der Waals surface area contributed by atoms with E-state index in [1.165, 1.54) is 12.1 Å². The Balaban J connectivity index is 1.97. The molecule has 7 heteroatoms. The number of rotatable bonds is 6. The summed E-state index contributed by atoms with van der Waals surface area (Å²) in [6.45, 7) is 1.77. The molecule has 0 unspecified atom stereocenters. The van der Waals surface area contributed by atoms with E-state index >= 15 is 0 Å². The van der Waals surface area contributed by atoms with Gasteiger partial charge >= 0.3 is 6.18 Å². The topological polar surface area (TPSA) is 38.3 Å². The lowest BCUT2D eigenvalue weighted by Crippen LogP contribution is -2.37. The summed E-state index contributed by atoms with van der Waals surface area (Å²) in [7, 11) is 0. The van der Waals surface area contributed by atoms with Crippen LogP contribution in [0.2, 0.25) is 5.02 Å². The number of benzene rings is 2. The third kappa shape index (κ3) is 5.67. The van der Waals surface area contributed by atoms with Crippen LogP contribution in [0, 0.1) is 0 Å². The SMILES string of the molecule is CC[C@@H](Oc1ccc(Cl)cc1)C(=O)NCc1cccc(C(F)(F)F)c1. The molecular weight excluding hydrogens is 355 g/mol. The lowest BCUT2D eigenvalue weighted by molar-refractivity contribution is -0.137. The van der Waals surface area contributed by atoms with Crippen molar-refractivity contribution in [3.05, 3.63) is 64.7 Å². The predicted octanol–water partition coefficient (Wildman–Crippen LogP) is 4.83. The third-order valence-corrected chi connectivity index (χ3v) is 3.73. The number of hydrogen-bond acceptors (Lipinski definition) is 2. The van der Waals surface area contributed by atoms with Crippen molar-refractivity contribution in [2.24, 2.45) is 0 Å². The Morgan fingerprint density at radius 2 is 1.88 bits per heavy atom. The summed E-state index contributed by atoms with van der Waals surface area (Å²) < 4.78 is 43.7. The van der Waals surface area contributed by atoms with Gasteiger partial charge in [0.05, 0.1) is 5.56 Å². The molecular formula is C18H17ClF3NO2. The summed E-state index contributed by atoms with van der Waals surface area (Å²) in [6, 6.07) is 11.4. The standard InChI is InChI=1S/C18H17ClF3NO2/c1-2-16(25-15-8-6-14(19)7-9-15)17(24)23-11-12-4-3-5-13(10-12)18(20,21)22/h3-10,16H,2,11H2,1H3,(H,23,24)/t16-/m1/s1. The molecule has 25 heavy (non-hydrogen) atoms. The van der Waals surface area contributed by atoms with E-state index in [1.54, 1.807) is 31.2 Å². The van der Waals surface area contributed by atoms with Gasteiger partial charge in [0.2, 0.25) is 0 Å². The summed E-state index contributed by atoms with van der Waals surface area (Å²) in [5.41, 5.74) is -0.381. The summed E-state index contributed by atoms with van der Waals surface area (Å²) in [6.07, 6.45) is -4.74. The summed E-state index contributed by atoms with van der Waals surface area (Å²) in [4.78, 5) is 12.2. The zero-order chi connectivity index (χ0) is 18.4. The molecule has 3 nitrogen and oxygen atoms in total. The lowest BCUT2D eigenvalue weighted by atomic mass is 10.1. The number of halogens is 4. The molecule has 0 aliphatic rings. The van der Waals surface area contributed by atoms with Crippen LogP contribution in [0.25, 0.3) is 0 Å². The summed E-state index contributed by atoms with van der Waals surface area (Å²) in [5.74, 6) is 0.0975. The molecule has 0 spiro atoms. The molecule has 2 aromatic rings. The van der Waals surface area contributed by atoms with Crippen molar-refractivity contribution in [3.63, 3.8) is 0 Å². The molecule has 0 bridgehead atoms. The van der Waals surface area contributed by atoms with Gasteiger partial charge in [-0.05, 0) is 48.4 Å². The van der Waals surface area contributed by atoms with Crippen molar-refractivity contribution in [1.29, 1.82) is 0 Å². The number of hydrogen-bond donors (Lipinski definition) is 1.